The lowest BCUT2D eigenvalue weighted by molar-refractivity contribution is -0.118. The predicted molar refractivity (Wildman–Crippen MR) is 67.9 cm³/mol. The van der Waals surface area contributed by atoms with Crippen LogP contribution in [0.3, 0.4) is 0 Å². The van der Waals surface area contributed by atoms with Crippen LogP contribution in [0.15, 0.2) is 0 Å². The highest BCUT2D eigenvalue weighted by molar-refractivity contribution is 5.82. The molecule has 0 aliphatic heterocycles. The van der Waals surface area contributed by atoms with Crippen LogP contribution in [0.25, 0.3) is 0 Å². The Hall–Kier alpha value is -1.06. The summed E-state index contributed by atoms with van der Waals surface area (Å²) in [4.78, 5) is 24.5. The number of Topliss-reactive ketones (excluding diaryl/α,β-unsaturated/α-hetero) is 1. The normalized spacial score (nSPS) is 13.1. The first-order valence-corrected chi connectivity index (χ1v) is 6.13. The van der Waals surface area contributed by atoms with Crippen LogP contribution >= 0.6 is 0 Å². The second-order valence-corrected chi connectivity index (χ2v) is 5.58. The van der Waals surface area contributed by atoms with E-state index in [1.165, 1.54) is 11.8 Å². The molecule has 0 spiro atoms. The van der Waals surface area contributed by atoms with E-state index in [0.717, 1.165) is 6.42 Å². The summed E-state index contributed by atoms with van der Waals surface area (Å²) in [5.74, 6) is 0.334. The highest BCUT2D eigenvalue weighted by Crippen LogP contribution is 2.12. The Bertz CT molecular complexity index is 268. The predicted octanol–water partition coefficient (Wildman–Crippen LogP) is 2.86. The maximum Gasteiger partial charge on any atom is 0.410 e. The van der Waals surface area contributed by atoms with Crippen molar-refractivity contribution in [3.8, 4) is 0 Å². The fourth-order valence-corrected chi connectivity index (χ4v) is 1.30. The van der Waals surface area contributed by atoms with E-state index in [-0.39, 0.29) is 12.3 Å². The number of ether oxygens (including phenoxy) is 1. The number of carbonyl (C=O) groups excluding carboxylic acids is 2. The number of amides is 1. The van der Waals surface area contributed by atoms with Gasteiger partial charge >= 0.3 is 6.09 Å². The Morgan fingerprint density at radius 2 is 1.82 bits per heavy atom. The number of ketones is 1. The van der Waals surface area contributed by atoms with Crippen molar-refractivity contribution in [3.63, 3.8) is 0 Å². The van der Waals surface area contributed by atoms with E-state index in [0.29, 0.717) is 12.5 Å². The van der Waals surface area contributed by atoms with Gasteiger partial charge in [-0.25, -0.2) is 4.79 Å². The molecule has 0 radical (unpaired) electrons. The lowest BCUT2D eigenvalue weighted by Gasteiger charge is -2.28. The van der Waals surface area contributed by atoms with E-state index in [1.54, 1.807) is 0 Å². The summed E-state index contributed by atoms with van der Waals surface area (Å²) in [7, 11) is 0. The zero-order valence-corrected chi connectivity index (χ0v) is 11.9. The molecule has 0 heterocycles. The van der Waals surface area contributed by atoms with Gasteiger partial charge < -0.3 is 9.64 Å². The molecule has 1 amide bonds. The standard InChI is InChI=1S/C13H25NO3/c1-7-10(2)8-14(9-11(3)15)12(16)17-13(4,5)6/h10H,7-9H2,1-6H3. The SMILES string of the molecule is CCC(C)CN(CC(C)=O)C(=O)OC(C)(C)C. The molecule has 0 saturated carbocycles. The Kier molecular flexibility index (Phi) is 6.21. The molecule has 17 heavy (non-hydrogen) atoms. The van der Waals surface area contributed by atoms with Crippen LogP contribution in [0.2, 0.25) is 0 Å². The minimum Gasteiger partial charge on any atom is -0.444 e. The first-order valence-electron chi connectivity index (χ1n) is 6.13. The van der Waals surface area contributed by atoms with Crippen molar-refractivity contribution in [2.24, 2.45) is 5.92 Å². The summed E-state index contributed by atoms with van der Waals surface area (Å²) in [6.45, 7) is 11.7. The van der Waals surface area contributed by atoms with Crippen LogP contribution in [0.1, 0.15) is 48.0 Å². The van der Waals surface area contributed by atoms with Crippen LogP contribution in [-0.4, -0.2) is 35.5 Å². The molecule has 0 aromatic heterocycles. The molecule has 4 nitrogen and oxygen atoms in total. The Morgan fingerprint density at radius 1 is 1.29 bits per heavy atom. The van der Waals surface area contributed by atoms with E-state index >= 15 is 0 Å². The summed E-state index contributed by atoms with van der Waals surface area (Å²) in [5.41, 5.74) is -0.526. The van der Waals surface area contributed by atoms with Crippen LogP contribution in [0, 0.1) is 5.92 Å². The van der Waals surface area contributed by atoms with Gasteiger partial charge in [0.15, 0.2) is 0 Å². The van der Waals surface area contributed by atoms with Crippen LogP contribution < -0.4 is 0 Å². The zero-order valence-electron chi connectivity index (χ0n) is 11.9. The number of rotatable bonds is 5. The highest BCUT2D eigenvalue weighted by atomic mass is 16.6. The van der Waals surface area contributed by atoms with Crippen molar-refractivity contribution >= 4 is 11.9 Å². The minimum atomic E-state index is -0.526. The molecule has 100 valence electrons. The summed E-state index contributed by atoms with van der Waals surface area (Å²) >= 11 is 0. The summed E-state index contributed by atoms with van der Waals surface area (Å²) in [6, 6.07) is 0. The molecular weight excluding hydrogens is 218 g/mol. The van der Waals surface area contributed by atoms with Gasteiger partial charge in [0.05, 0.1) is 6.54 Å². The number of hydrogen-bond acceptors (Lipinski definition) is 3. The van der Waals surface area contributed by atoms with E-state index in [1.807, 2.05) is 20.8 Å². The van der Waals surface area contributed by atoms with Gasteiger partial charge in [-0.05, 0) is 33.6 Å². The van der Waals surface area contributed by atoms with E-state index in [4.69, 9.17) is 4.74 Å². The van der Waals surface area contributed by atoms with Crippen LogP contribution in [0.4, 0.5) is 4.79 Å². The van der Waals surface area contributed by atoms with Crippen molar-refractivity contribution in [3.05, 3.63) is 0 Å². The van der Waals surface area contributed by atoms with Crippen molar-refractivity contribution < 1.29 is 14.3 Å². The van der Waals surface area contributed by atoms with Gasteiger partial charge in [0.2, 0.25) is 0 Å². The topological polar surface area (TPSA) is 46.6 Å². The van der Waals surface area contributed by atoms with Gasteiger partial charge in [-0.3, -0.25) is 4.79 Å². The minimum absolute atomic E-state index is 0.0286. The average Bonchev–Trinajstić information content (AvgIpc) is 2.13. The molecule has 0 aliphatic rings. The first kappa shape index (κ1) is 15.9. The Balaban J connectivity index is 4.56. The second kappa shape index (κ2) is 6.62. The monoisotopic (exact) mass is 243 g/mol. The third kappa shape index (κ3) is 7.77. The zero-order chi connectivity index (χ0) is 13.6. The molecule has 4 heteroatoms. The maximum atomic E-state index is 11.9. The lowest BCUT2D eigenvalue weighted by atomic mass is 10.1. The number of carbonyl (C=O) groups is 2. The Morgan fingerprint density at radius 3 is 2.18 bits per heavy atom. The summed E-state index contributed by atoms with van der Waals surface area (Å²) in [5, 5.41) is 0. The summed E-state index contributed by atoms with van der Waals surface area (Å²) < 4.78 is 5.28. The van der Waals surface area contributed by atoms with Crippen molar-refractivity contribution in [2.45, 2.75) is 53.6 Å². The van der Waals surface area contributed by atoms with Gasteiger partial charge in [0, 0.05) is 6.54 Å². The molecule has 0 N–H and O–H groups in total. The van der Waals surface area contributed by atoms with Gasteiger partial charge in [-0.15, -0.1) is 0 Å². The van der Waals surface area contributed by atoms with E-state index < -0.39 is 11.7 Å². The molecule has 0 rings (SSSR count). The lowest BCUT2D eigenvalue weighted by Crippen LogP contribution is -2.41. The van der Waals surface area contributed by atoms with Gasteiger partial charge in [-0.1, -0.05) is 20.3 Å². The summed E-state index contributed by atoms with van der Waals surface area (Å²) in [6.07, 6.45) is 0.560. The highest BCUT2D eigenvalue weighted by Gasteiger charge is 2.23. The van der Waals surface area contributed by atoms with Crippen molar-refractivity contribution in [1.29, 1.82) is 0 Å². The molecule has 1 atom stereocenters. The van der Waals surface area contributed by atoms with Crippen LogP contribution in [-0.2, 0) is 9.53 Å². The fraction of sp³-hybridized carbons (Fsp3) is 0.846. The molecule has 0 bridgehead atoms. The van der Waals surface area contributed by atoms with Crippen molar-refractivity contribution in [2.75, 3.05) is 13.1 Å². The number of nitrogens with zero attached hydrogens (tertiary/aromatic N) is 1. The van der Waals surface area contributed by atoms with E-state index in [2.05, 4.69) is 13.8 Å². The van der Waals surface area contributed by atoms with Gasteiger partial charge in [0.25, 0.3) is 0 Å². The maximum absolute atomic E-state index is 11.9. The van der Waals surface area contributed by atoms with E-state index in [9.17, 15) is 9.59 Å². The van der Waals surface area contributed by atoms with Crippen molar-refractivity contribution in [1.82, 2.24) is 4.90 Å². The molecule has 0 fully saturated rings. The largest absolute Gasteiger partial charge is 0.444 e. The molecule has 0 aromatic carbocycles. The van der Waals surface area contributed by atoms with Crippen LogP contribution in [0.5, 0.6) is 0 Å². The quantitative estimate of drug-likeness (QED) is 0.746. The molecule has 0 aromatic rings. The van der Waals surface area contributed by atoms with Gasteiger partial charge in [0.1, 0.15) is 11.4 Å². The molecular formula is C13H25NO3. The molecule has 0 saturated heterocycles. The third-order valence-electron chi connectivity index (χ3n) is 2.29. The second-order valence-electron chi connectivity index (χ2n) is 5.58. The number of hydrogen-bond donors (Lipinski definition) is 0. The average molecular weight is 243 g/mol. The smallest absolute Gasteiger partial charge is 0.410 e. The third-order valence-corrected chi connectivity index (χ3v) is 2.29. The first-order chi connectivity index (χ1) is 7.65. The van der Waals surface area contributed by atoms with Gasteiger partial charge in [-0.2, -0.15) is 0 Å². The Labute approximate surface area is 104 Å². The fourth-order valence-electron chi connectivity index (χ4n) is 1.30. The molecule has 0 aliphatic carbocycles. The molecule has 1 unspecified atom stereocenters.